The summed E-state index contributed by atoms with van der Waals surface area (Å²) in [6.07, 6.45) is 0. The highest BCUT2D eigenvalue weighted by molar-refractivity contribution is 5.88. The van der Waals surface area contributed by atoms with Gasteiger partial charge in [-0.15, -0.1) is 0 Å². The van der Waals surface area contributed by atoms with E-state index in [4.69, 9.17) is 5.11 Å². The van der Waals surface area contributed by atoms with Gasteiger partial charge in [0.05, 0.1) is 5.56 Å². The SMILES string of the molecule is O=C(O)c1ccc(N2CC3C(C2)C3NCc2ccc3ccccc3c2)cc1. The Labute approximate surface area is 158 Å². The predicted octanol–water partition coefficient (Wildman–Crippen LogP) is 3.76. The lowest BCUT2D eigenvalue weighted by atomic mass is 10.1. The minimum Gasteiger partial charge on any atom is -0.478 e. The molecule has 1 saturated carbocycles. The molecule has 5 rings (SSSR count). The molecule has 0 aromatic heterocycles. The summed E-state index contributed by atoms with van der Waals surface area (Å²) in [6.45, 7) is 3.01. The highest BCUT2D eigenvalue weighted by Crippen LogP contribution is 2.46. The summed E-state index contributed by atoms with van der Waals surface area (Å²) in [5, 5.41) is 15.3. The Bertz CT molecular complexity index is 987. The van der Waals surface area contributed by atoms with Crippen molar-refractivity contribution in [3.05, 3.63) is 77.9 Å². The smallest absolute Gasteiger partial charge is 0.335 e. The summed E-state index contributed by atoms with van der Waals surface area (Å²) >= 11 is 0. The summed E-state index contributed by atoms with van der Waals surface area (Å²) in [5.74, 6) is 0.526. The molecule has 1 heterocycles. The summed E-state index contributed by atoms with van der Waals surface area (Å²) in [5.41, 5.74) is 2.80. The van der Waals surface area contributed by atoms with E-state index in [1.54, 1.807) is 12.1 Å². The zero-order valence-electron chi connectivity index (χ0n) is 15.0. The van der Waals surface area contributed by atoms with E-state index in [0.29, 0.717) is 23.4 Å². The van der Waals surface area contributed by atoms with Gasteiger partial charge in [-0.05, 0) is 58.5 Å². The predicted molar refractivity (Wildman–Crippen MR) is 107 cm³/mol. The van der Waals surface area contributed by atoms with E-state index >= 15 is 0 Å². The van der Waals surface area contributed by atoms with Crippen molar-refractivity contribution in [3.8, 4) is 0 Å². The number of piperidine rings is 1. The van der Waals surface area contributed by atoms with Gasteiger partial charge in [0.1, 0.15) is 0 Å². The third kappa shape index (κ3) is 3.06. The van der Waals surface area contributed by atoms with Crippen LogP contribution >= 0.6 is 0 Å². The molecule has 2 N–H and O–H groups in total. The molecule has 0 radical (unpaired) electrons. The first-order chi connectivity index (χ1) is 13.2. The van der Waals surface area contributed by atoms with Crippen LogP contribution < -0.4 is 10.2 Å². The van der Waals surface area contributed by atoms with Crippen molar-refractivity contribution < 1.29 is 9.90 Å². The summed E-state index contributed by atoms with van der Waals surface area (Å²) in [4.78, 5) is 13.3. The van der Waals surface area contributed by atoms with E-state index in [1.165, 1.54) is 16.3 Å². The van der Waals surface area contributed by atoms with Crippen LogP contribution in [0.15, 0.2) is 66.7 Å². The second kappa shape index (κ2) is 6.39. The number of hydrogen-bond acceptors (Lipinski definition) is 3. The molecule has 4 nitrogen and oxygen atoms in total. The largest absolute Gasteiger partial charge is 0.478 e. The summed E-state index contributed by atoms with van der Waals surface area (Å²) in [6, 6.07) is 23.0. The van der Waals surface area contributed by atoms with Gasteiger partial charge in [-0.25, -0.2) is 4.79 Å². The first-order valence-corrected chi connectivity index (χ1v) is 9.48. The molecule has 4 heteroatoms. The van der Waals surface area contributed by atoms with Crippen molar-refractivity contribution in [1.82, 2.24) is 5.32 Å². The third-order valence-electron chi connectivity index (χ3n) is 6.03. The van der Waals surface area contributed by atoms with E-state index in [-0.39, 0.29) is 0 Å². The van der Waals surface area contributed by atoms with Gasteiger partial charge >= 0.3 is 5.97 Å². The van der Waals surface area contributed by atoms with Crippen LogP contribution in [-0.4, -0.2) is 30.2 Å². The molecule has 1 aliphatic carbocycles. The molecule has 0 spiro atoms. The monoisotopic (exact) mass is 358 g/mol. The molecule has 2 atom stereocenters. The number of fused-ring (bicyclic) bond motifs is 2. The molecule has 0 bridgehead atoms. The van der Waals surface area contributed by atoms with Crippen molar-refractivity contribution in [2.75, 3.05) is 18.0 Å². The molecular formula is C23H22N2O2. The van der Waals surface area contributed by atoms with Gasteiger partial charge in [-0.1, -0.05) is 36.4 Å². The molecule has 0 amide bonds. The zero-order valence-corrected chi connectivity index (χ0v) is 15.0. The molecule has 27 heavy (non-hydrogen) atoms. The van der Waals surface area contributed by atoms with Crippen LogP contribution in [0.2, 0.25) is 0 Å². The number of benzene rings is 3. The maximum atomic E-state index is 11.0. The Morgan fingerprint density at radius 2 is 1.67 bits per heavy atom. The number of carboxylic acids is 1. The van der Waals surface area contributed by atoms with Crippen molar-refractivity contribution in [3.63, 3.8) is 0 Å². The van der Waals surface area contributed by atoms with Crippen molar-refractivity contribution >= 4 is 22.4 Å². The molecule has 3 aromatic carbocycles. The van der Waals surface area contributed by atoms with Crippen LogP contribution in [0.5, 0.6) is 0 Å². The highest BCUT2D eigenvalue weighted by Gasteiger charge is 2.55. The van der Waals surface area contributed by atoms with Crippen LogP contribution in [-0.2, 0) is 6.54 Å². The molecule has 2 unspecified atom stereocenters. The van der Waals surface area contributed by atoms with E-state index < -0.39 is 5.97 Å². The molecule has 2 fully saturated rings. The fourth-order valence-electron chi connectivity index (χ4n) is 4.44. The topological polar surface area (TPSA) is 52.6 Å². The number of carboxylic acid groups (broad SMARTS) is 1. The summed E-state index contributed by atoms with van der Waals surface area (Å²) in [7, 11) is 0. The Morgan fingerprint density at radius 1 is 0.963 bits per heavy atom. The lowest BCUT2D eigenvalue weighted by Crippen LogP contribution is -2.31. The first kappa shape index (κ1) is 16.3. The first-order valence-electron chi connectivity index (χ1n) is 9.48. The van der Waals surface area contributed by atoms with Gasteiger partial charge in [0, 0.05) is 31.4 Å². The van der Waals surface area contributed by atoms with Gasteiger partial charge < -0.3 is 15.3 Å². The lowest BCUT2D eigenvalue weighted by molar-refractivity contribution is 0.0697. The minimum atomic E-state index is -0.872. The van der Waals surface area contributed by atoms with Crippen LogP contribution in [0.25, 0.3) is 10.8 Å². The third-order valence-corrected chi connectivity index (χ3v) is 6.03. The maximum Gasteiger partial charge on any atom is 0.335 e. The fourth-order valence-corrected chi connectivity index (χ4v) is 4.44. The molecule has 1 aliphatic heterocycles. The van der Waals surface area contributed by atoms with E-state index in [0.717, 1.165) is 25.3 Å². The molecule has 136 valence electrons. The normalized spacial score (nSPS) is 23.4. The Morgan fingerprint density at radius 3 is 2.37 bits per heavy atom. The number of carbonyl (C=O) groups is 1. The average Bonchev–Trinajstić information content (AvgIpc) is 3.15. The Kier molecular flexibility index (Phi) is 3.87. The number of rotatable bonds is 5. The second-order valence-electron chi connectivity index (χ2n) is 7.67. The molecule has 3 aromatic rings. The Balaban J connectivity index is 1.17. The number of nitrogens with one attached hydrogen (secondary N) is 1. The Hall–Kier alpha value is -2.85. The number of nitrogens with zero attached hydrogens (tertiary/aromatic N) is 1. The average molecular weight is 358 g/mol. The van der Waals surface area contributed by atoms with Gasteiger partial charge in [-0.3, -0.25) is 0 Å². The minimum absolute atomic E-state index is 0.345. The van der Waals surface area contributed by atoms with Gasteiger partial charge in [-0.2, -0.15) is 0 Å². The zero-order chi connectivity index (χ0) is 18.4. The van der Waals surface area contributed by atoms with Crippen molar-refractivity contribution in [1.29, 1.82) is 0 Å². The van der Waals surface area contributed by atoms with Crippen molar-refractivity contribution in [2.45, 2.75) is 12.6 Å². The van der Waals surface area contributed by atoms with Crippen LogP contribution in [0.3, 0.4) is 0 Å². The number of aromatic carboxylic acids is 1. The molecule has 1 saturated heterocycles. The number of anilines is 1. The standard InChI is InChI=1S/C23H22N2O2/c26-23(27)17-7-9-19(10-8-17)25-13-20-21(14-25)22(20)24-12-15-5-6-16-3-1-2-4-18(16)11-15/h1-11,20-22,24H,12-14H2,(H,26,27). The number of hydrogen-bond donors (Lipinski definition) is 2. The van der Waals surface area contributed by atoms with Crippen molar-refractivity contribution in [2.24, 2.45) is 11.8 Å². The fraction of sp³-hybridized carbons (Fsp3) is 0.261. The van der Waals surface area contributed by atoms with Crippen LogP contribution in [0.4, 0.5) is 5.69 Å². The van der Waals surface area contributed by atoms with Gasteiger partial charge in [0.15, 0.2) is 0 Å². The second-order valence-corrected chi connectivity index (χ2v) is 7.67. The quantitative estimate of drug-likeness (QED) is 0.729. The van der Waals surface area contributed by atoms with E-state index in [9.17, 15) is 4.79 Å². The molecule has 2 aliphatic rings. The van der Waals surface area contributed by atoms with Gasteiger partial charge in [0.2, 0.25) is 0 Å². The van der Waals surface area contributed by atoms with Crippen LogP contribution in [0.1, 0.15) is 15.9 Å². The lowest BCUT2D eigenvalue weighted by Gasteiger charge is -2.22. The highest BCUT2D eigenvalue weighted by atomic mass is 16.4. The maximum absolute atomic E-state index is 11.0. The van der Waals surface area contributed by atoms with Crippen LogP contribution in [0, 0.1) is 11.8 Å². The van der Waals surface area contributed by atoms with Gasteiger partial charge in [0.25, 0.3) is 0 Å². The van der Waals surface area contributed by atoms with E-state index in [2.05, 4.69) is 52.7 Å². The molecular weight excluding hydrogens is 336 g/mol. The van der Waals surface area contributed by atoms with E-state index in [1.807, 2.05) is 12.1 Å². The summed E-state index contributed by atoms with van der Waals surface area (Å²) < 4.78 is 0.